The topological polar surface area (TPSA) is 23.2 Å². The van der Waals surface area contributed by atoms with Crippen LogP contribution >= 0.6 is 0 Å². The van der Waals surface area contributed by atoms with E-state index >= 15 is 0 Å². The van der Waals surface area contributed by atoms with Gasteiger partial charge < -0.3 is 5.11 Å². The second-order valence-electron chi connectivity index (χ2n) is 2.31. The molecule has 0 spiro atoms. The third-order valence-electron chi connectivity index (χ3n) is 1.45. The van der Waals surface area contributed by atoms with Crippen LogP contribution in [0.4, 0.5) is 0 Å². The van der Waals surface area contributed by atoms with Gasteiger partial charge in [0.25, 0.3) is 0 Å². The zero-order valence-corrected chi connectivity index (χ0v) is 5.30. The molecule has 0 amide bonds. The summed E-state index contributed by atoms with van der Waals surface area (Å²) in [6, 6.07) is 0. The molecule has 1 aliphatic heterocycles. The molecule has 1 N–H and O–H groups in total. The van der Waals surface area contributed by atoms with Crippen molar-refractivity contribution in [2.24, 2.45) is 0 Å². The lowest BCUT2D eigenvalue weighted by atomic mass is 10.3. The van der Waals surface area contributed by atoms with Crippen LogP contribution in [0.3, 0.4) is 0 Å². The van der Waals surface area contributed by atoms with Gasteiger partial charge in [0.05, 0.1) is 0 Å². The van der Waals surface area contributed by atoms with E-state index in [0.29, 0.717) is 0 Å². The molecule has 1 heterocycles. The predicted octanol–water partition coefficient (Wildman–Crippen LogP) is 0.421. The summed E-state index contributed by atoms with van der Waals surface area (Å²) in [4.78, 5) is 2.06. The average molecular weight is 115 g/mol. The SMILES string of the molecule is CCCC(O)N1CC1. The minimum absolute atomic E-state index is 0.139. The number of hydrogen-bond acceptors (Lipinski definition) is 2. The largest absolute Gasteiger partial charge is 0.378 e. The van der Waals surface area contributed by atoms with Crippen molar-refractivity contribution in [3.05, 3.63) is 0 Å². The molecule has 0 aromatic rings. The maximum Gasteiger partial charge on any atom is 0.107 e. The molecule has 0 bridgehead atoms. The summed E-state index contributed by atoms with van der Waals surface area (Å²) >= 11 is 0. The Morgan fingerprint density at radius 3 is 2.62 bits per heavy atom. The van der Waals surface area contributed by atoms with E-state index in [1.807, 2.05) is 0 Å². The molecule has 2 heteroatoms. The predicted molar refractivity (Wildman–Crippen MR) is 32.5 cm³/mol. The first kappa shape index (κ1) is 6.05. The maximum atomic E-state index is 9.11. The van der Waals surface area contributed by atoms with Crippen molar-refractivity contribution in [1.82, 2.24) is 4.90 Å². The van der Waals surface area contributed by atoms with E-state index in [-0.39, 0.29) is 6.23 Å². The molecule has 0 aliphatic carbocycles. The first-order valence-corrected chi connectivity index (χ1v) is 3.26. The van der Waals surface area contributed by atoms with E-state index in [0.717, 1.165) is 25.9 Å². The second kappa shape index (κ2) is 2.46. The van der Waals surface area contributed by atoms with Gasteiger partial charge in [-0.3, -0.25) is 4.90 Å². The van der Waals surface area contributed by atoms with Gasteiger partial charge in [0.1, 0.15) is 6.23 Å². The van der Waals surface area contributed by atoms with Crippen molar-refractivity contribution >= 4 is 0 Å². The van der Waals surface area contributed by atoms with Crippen molar-refractivity contribution in [1.29, 1.82) is 0 Å². The molecule has 1 atom stereocenters. The Kier molecular flexibility index (Phi) is 1.86. The Hall–Kier alpha value is -0.0800. The number of rotatable bonds is 3. The fourth-order valence-corrected chi connectivity index (χ4v) is 0.797. The first-order chi connectivity index (χ1) is 3.84. The van der Waals surface area contributed by atoms with Crippen LogP contribution in [-0.2, 0) is 0 Å². The summed E-state index contributed by atoms with van der Waals surface area (Å²) in [6.45, 7) is 4.29. The highest BCUT2D eigenvalue weighted by Crippen LogP contribution is 2.11. The van der Waals surface area contributed by atoms with Crippen LogP contribution in [0.2, 0.25) is 0 Å². The zero-order chi connectivity index (χ0) is 5.98. The van der Waals surface area contributed by atoms with Crippen molar-refractivity contribution in [2.45, 2.75) is 26.0 Å². The smallest absolute Gasteiger partial charge is 0.107 e. The molecular formula is C6H13NO. The van der Waals surface area contributed by atoms with Crippen LogP contribution in [0.15, 0.2) is 0 Å². The van der Waals surface area contributed by atoms with Gasteiger partial charge in [-0.25, -0.2) is 0 Å². The molecule has 0 saturated carbocycles. The van der Waals surface area contributed by atoms with Crippen molar-refractivity contribution in [3.63, 3.8) is 0 Å². The van der Waals surface area contributed by atoms with Crippen LogP contribution in [0.25, 0.3) is 0 Å². The highest BCUT2D eigenvalue weighted by atomic mass is 16.3. The minimum atomic E-state index is -0.139. The Morgan fingerprint density at radius 1 is 1.62 bits per heavy atom. The number of aliphatic hydroxyl groups is 1. The van der Waals surface area contributed by atoms with E-state index in [1.165, 1.54) is 0 Å². The highest BCUT2D eigenvalue weighted by Gasteiger charge is 2.23. The van der Waals surface area contributed by atoms with Gasteiger partial charge >= 0.3 is 0 Å². The summed E-state index contributed by atoms with van der Waals surface area (Å²) < 4.78 is 0. The van der Waals surface area contributed by atoms with E-state index < -0.39 is 0 Å². The minimum Gasteiger partial charge on any atom is -0.378 e. The maximum absolute atomic E-state index is 9.11. The summed E-state index contributed by atoms with van der Waals surface area (Å²) in [7, 11) is 0. The van der Waals surface area contributed by atoms with Gasteiger partial charge in [-0.05, 0) is 6.42 Å². The van der Waals surface area contributed by atoms with Crippen molar-refractivity contribution < 1.29 is 5.11 Å². The fourth-order valence-electron chi connectivity index (χ4n) is 0.797. The van der Waals surface area contributed by atoms with Gasteiger partial charge in [0.15, 0.2) is 0 Å². The normalized spacial score (nSPS) is 23.2. The molecule has 1 unspecified atom stereocenters. The highest BCUT2D eigenvalue weighted by molar-refractivity contribution is 4.74. The molecular weight excluding hydrogens is 102 g/mol. The Balaban J connectivity index is 2.03. The van der Waals surface area contributed by atoms with Gasteiger partial charge in [0, 0.05) is 13.1 Å². The Labute approximate surface area is 50.1 Å². The van der Waals surface area contributed by atoms with Crippen LogP contribution < -0.4 is 0 Å². The Bertz CT molecular complexity index is 70.9. The van der Waals surface area contributed by atoms with E-state index in [1.54, 1.807) is 0 Å². The average Bonchev–Trinajstić information content (AvgIpc) is 2.45. The van der Waals surface area contributed by atoms with Crippen LogP contribution in [-0.4, -0.2) is 29.3 Å². The molecule has 1 aliphatic rings. The van der Waals surface area contributed by atoms with Crippen molar-refractivity contribution in [2.75, 3.05) is 13.1 Å². The van der Waals surface area contributed by atoms with Gasteiger partial charge in [-0.15, -0.1) is 0 Å². The summed E-state index contributed by atoms with van der Waals surface area (Å²) in [5, 5.41) is 9.11. The molecule has 1 rings (SSSR count). The van der Waals surface area contributed by atoms with Gasteiger partial charge in [-0.1, -0.05) is 13.3 Å². The zero-order valence-electron chi connectivity index (χ0n) is 5.30. The lowest BCUT2D eigenvalue weighted by molar-refractivity contribution is 0.0716. The first-order valence-electron chi connectivity index (χ1n) is 3.26. The molecule has 48 valence electrons. The lowest BCUT2D eigenvalue weighted by Crippen LogP contribution is -2.16. The van der Waals surface area contributed by atoms with Crippen molar-refractivity contribution in [3.8, 4) is 0 Å². The molecule has 1 saturated heterocycles. The fraction of sp³-hybridized carbons (Fsp3) is 1.00. The second-order valence-corrected chi connectivity index (χ2v) is 2.31. The molecule has 2 nitrogen and oxygen atoms in total. The third kappa shape index (κ3) is 1.46. The standard InChI is InChI=1S/C6H13NO/c1-2-3-6(8)7-4-5-7/h6,8H,2-5H2,1H3. The molecule has 0 radical (unpaired) electrons. The molecule has 1 fully saturated rings. The summed E-state index contributed by atoms with van der Waals surface area (Å²) in [6.07, 6.45) is 1.87. The number of aliphatic hydroxyl groups excluding tert-OH is 1. The summed E-state index contributed by atoms with van der Waals surface area (Å²) in [5.74, 6) is 0. The Morgan fingerprint density at radius 2 is 2.25 bits per heavy atom. The van der Waals surface area contributed by atoms with E-state index in [9.17, 15) is 0 Å². The molecule has 8 heavy (non-hydrogen) atoms. The van der Waals surface area contributed by atoms with Gasteiger partial charge in [0.2, 0.25) is 0 Å². The van der Waals surface area contributed by atoms with Gasteiger partial charge in [-0.2, -0.15) is 0 Å². The number of nitrogens with zero attached hydrogens (tertiary/aromatic N) is 1. The van der Waals surface area contributed by atoms with E-state index in [2.05, 4.69) is 11.8 Å². The third-order valence-corrected chi connectivity index (χ3v) is 1.45. The number of hydrogen-bond donors (Lipinski definition) is 1. The lowest BCUT2D eigenvalue weighted by Gasteiger charge is -2.07. The summed E-state index contributed by atoms with van der Waals surface area (Å²) in [5.41, 5.74) is 0. The monoisotopic (exact) mass is 115 g/mol. The molecule has 0 aromatic carbocycles. The van der Waals surface area contributed by atoms with Crippen LogP contribution in [0, 0.1) is 0 Å². The quantitative estimate of drug-likeness (QED) is 0.539. The molecule has 0 aromatic heterocycles. The van der Waals surface area contributed by atoms with Crippen LogP contribution in [0.1, 0.15) is 19.8 Å². The van der Waals surface area contributed by atoms with Crippen LogP contribution in [0.5, 0.6) is 0 Å². The van der Waals surface area contributed by atoms with E-state index in [4.69, 9.17) is 5.11 Å².